The minimum absolute atomic E-state index is 0.292. The second kappa shape index (κ2) is 7.42. The van der Waals surface area contributed by atoms with Crippen LogP contribution in [0.15, 0.2) is 24.3 Å². The van der Waals surface area contributed by atoms with Crippen LogP contribution in [0.1, 0.15) is 49.8 Å². The zero-order chi connectivity index (χ0) is 14.4. The maximum absolute atomic E-state index is 8.94. The van der Waals surface area contributed by atoms with E-state index in [0.717, 1.165) is 24.7 Å². The summed E-state index contributed by atoms with van der Waals surface area (Å²) in [4.78, 5) is 2.48. The van der Waals surface area contributed by atoms with Gasteiger partial charge < -0.3 is 10.2 Å². The normalized spacial score (nSPS) is 17.3. The second-order valence-electron chi connectivity index (χ2n) is 5.83. The molecule has 1 N–H and O–H groups in total. The smallest absolute Gasteiger partial charge is 0.0991 e. The highest BCUT2D eigenvalue weighted by atomic mass is 15.1. The van der Waals surface area contributed by atoms with Crippen LogP contribution < -0.4 is 5.32 Å². The first kappa shape index (κ1) is 15.0. The van der Waals surface area contributed by atoms with Crippen molar-refractivity contribution < 1.29 is 0 Å². The molecule has 20 heavy (non-hydrogen) atoms. The van der Waals surface area contributed by atoms with Crippen molar-refractivity contribution in [2.75, 3.05) is 20.1 Å². The average molecular weight is 271 g/mol. The molecule has 1 fully saturated rings. The van der Waals surface area contributed by atoms with E-state index >= 15 is 0 Å². The summed E-state index contributed by atoms with van der Waals surface area (Å²) in [5.74, 6) is 0. The Morgan fingerprint density at radius 1 is 1.40 bits per heavy atom. The van der Waals surface area contributed by atoms with Crippen molar-refractivity contribution in [1.82, 2.24) is 10.2 Å². The number of benzene rings is 1. The van der Waals surface area contributed by atoms with Crippen LogP contribution in [0.3, 0.4) is 0 Å². The van der Waals surface area contributed by atoms with Crippen molar-refractivity contribution in [3.63, 3.8) is 0 Å². The molecule has 2 rings (SSSR count). The third-order valence-electron chi connectivity index (χ3n) is 4.38. The summed E-state index contributed by atoms with van der Waals surface area (Å²) in [6, 6.07) is 11.1. The summed E-state index contributed by atoms with van der Waals surface area (Å²) in [5, 5.41) is 12.5. The van der Waals surface area contributed by atoms with Gasteiger partial charge in [-0.3, -0.25) is 0 Å². The number of hydrogen-bond donors (Lipinski definition) is 1. The summed E-state index contributed by atoms with van der Waals surface area (Å²) in [5.41, 5.74) is 1.92. The quantitative estimate of drug-likeness (QED) is 0.864. The Bertz CT molecular complexity index is 458. The highest BCUT2D eigenvalue weighted by Crippen LogP contribution is 2.22. The molecule has 1 atom stereocenters. The lowest BCUT2D eigenvalue weighted by Crippen LogP contribution is -2.36. The third kappa shape index (κ3) is 4.06. The molecular weight excluding hydrogens is 246 g/mol. The molecule has 0 amide bonds. The fourth-order valence-electron chi connectivity index (χ4n) is 2.98. The lowest BCUT2D eigenvalue weighted by Gasteiger charge is -2.25. The van der Waals surface area contributed by atoms with E-state index in [1.54, 1.807) is 0 Å². The Balaban J connectivity index is 1.76. The zero-order valence-corrected chi connectivity index (χ0v) is 12.6. The number of nitrogens with one attached hydrogen (secondary N) is 1. The fraction of sp³-hybridized carbons (Fsp3) is 0.588. The van der Waals surface area contributed by atoms with E-state index in [4.69, 9.17) is 5.26 Å². The summed E-state index contributed by atoms with van der Waals surface area (Å²) in [6.45, 7) is 4.24. The van der Waals surface area contributed by atoms with Gasteiger partial charge >= 0.3 is 0 Å². The molecule has 0 aromatic heterocycles. The van der Waals surface area contributed by atoms with E-state index in [2.05, 4.69) is 36.3 Å². The van der Waals surface area contributed by atoms with Gasteiger partial charge in [-0.15, -0.1) is 0 Å². The van der Waals surface area contributed by atoms with E-state index in [-0.39, 0.29) is 0 Å². The molecule has 3 heteroatoms. The molecule has 1 aliphatic carbocycles. The van der Waals surface area contributed by atoms with Gasteiger partial charge in [0, 0.05) is 25.2 Å². The molecule has 0 aliphatic heterocycles. The van der Waals surface area contributed by atoms with Gasteiger partial charge in [-0.05, 0) is 44.5 Å². The van der Waals surface area contributed by atoms with Crippen molar-refractivity contribution in [1.29, 1.82) is 5.26 Å². The highest BCUT2D eigenvalue weighted by Gasteiger charge is 2.18. The lowest BCUT2D eigenvalue weighted by molar-refractivity contribution is 0.243. The minimum atomic E-state index is 0.292. The summed E-state index contributed by atoms with van der Waals surface area (Å²) in [6.07, 6.45) is 5.49. The van der Waals surface area contributed by atoms with E-state index in [0.29, 0.717) is 6.04 Å². The molecule has 1 aromatic rings. The maximum Gasteiger partial charge on any atom is 0.0991 e. The Morgan fingerprint density at radius 3 is 2.85 bits per heavy atom. The van der Waals surface area contributed by atoms with Crippen LogP contribution in [0.25, 0.3) is 0 Å². The fourth-order valence-corrected chi connectivity index (χ4v) is 2.98. The first-order valence-corrected chi connectivity index (χ1v) is 7.64. The Labute approximate surface area is 122 Å². The molecule has 0 radical (unpaired) electrons. The molecule has 1 unspecified atom stereocenters. The van der Waals surface area contributed by atoms with E-state index in [9.17, 15) is 0 Å². The van der Waals surface area contributed by atoms with Crippen molar-refractivity contribution >= 4 is 0 Å². The minimum Gasteiger partial charge on any atom is -0.309 e. The molecule has 3 nitrogen and oxygen atoms in total. The maximum atomic E-state index is 8.94. The second-order valence-corrected chi connectivity index (χ2v) is 5.83. The summed E-state index contributed by atoms with van der Waals surface area (Å²) >= 11 is 0. The van der Waals surface area contributed by atoms with Crippen molar-refractivity contribution in [3.05, 3.63) is 35.4 Å². The molecular formula is C17H25N3. The van der Waals surface area contributed by atoms with Crippen molar-refractivity contribution in [3.8, 4) is 6.07 Å². The first-order valence-electron chi connectivity index (χ1n) is 7.64. The van der Waals surface area contributed by atoms with Crippen LogP contribution in [-0.4, -0.2) is 31.1 Å². The van der Waals surface area contributed by atoms with Gasteiger partial charge in [0.25, 0.3) is 0 Å². The predicted molar refractivity (Wildman–Crippen MR) is 82.5 cm³/mol. The SMILES string of the molecule is CC(NCCN(C)C1CCCC1)c1cccc(C#N)c1. The molecule has 0 saturated heterocycles. The Kier molecular flexibility index (Phi) is 5.58. The van der Waals surface area contributed by atoms with Gasteiger partial charge in [-0.25, -0.2) is 0 Å². The molecule has 1 aliphatic rings. The van der Waals surface area contributed by atoms with E-state index in [1.165, 1.54) is 31.2 Å². The van der Waals surface area contributed by atoms with Gasteiger partial charge in [-0.1, -0.05) is 25.0 Å². The van der Waals surface area contributed by atoms with Crippen LogP contribution in [0, 0.1) is 11.3 Å². The molecule has 1 saturated carbocycles. The highest BCUT2D eigenvalue weighted by molar-refractivity contribution is 5.33. The van der Waals surface area contributed by atoms with E-state index < -0.39 is 0 Å². The van der Waals surface area contributed by atoms with Gasteiger partial charge in [0.05, 0.1) is 11.6 Å². The monoisotopic (exact) mass is 271 g/mol. The van der Waals surface area contributed by atoms with Crippen LogP contribution in [0.2, 0.25) is 0 Å². The summed E-state index contributed by atoms with van der Waals surface area (Å²) < 4.78 is 0. The van der Waals surface area contributed by atoms with Crippen molar-refractivity contribution in [2.45, 2.75) is 44.7 Å². The van der Waals surface area contributed by atoms with Gasteiger partial charge in [0.1, 0.15) is 0 Å². The Hall–Kier alpha value is -1.37. The Morgan fingerprint density at radius 2 is 2.15 bits per heavy atom. The number of hydrogen-bond acceptors (Lipinski definition) is 3. The van der Waals surface area contributed by atoms with Crippen LogP contribution in [0.5, 0.6) is 0 Å². The van der Waals surface area contributed by atoms with E-state index in [1.807, 2.05) is 18.2 Å². The largest absolute Gasteiger partial charge is 0.309 e. The van der Waals surface area contributed by atoms with Crippen LogP contribution >= 0.6 is 0 Å². The molecule has 0 spiro atoms. The number of likely N-dealkylation sites (N-methyl/N-ethyl adjacent to an activating group) is 1. The third-order valence-corrected chi connectivity index (χ3v) is 4.38. The summed E-state index contributed by atoms with van der Waals surface area (Å²) in [7, 11) is 2.23. The van der Waals surface area contributed by atoms with Crippen LogP contribution in [-0.2, 0) is 0 Å². The zero-order valence-electron chi connectivity index (χ0n) is 12.6. The van der Waals surface area contributed by atoms with Gasteiger partial charge in [-0.2, -0.15) is 5.26 Å². The van der Waals surface area contributed by atoms with Gasteiger partial charge in [0.2, 0.25) is 0 Å². The molecule has 0 bridgehead atoms. The van der Waals surface area contributed by atoms with Crippen LogP contribution in [0.4, 0.5) is 0 Å². The lowest BCUT2D eigenvalue weighted by atomic mass is 10.1. The topological polar surface area (TPSA) is 39.1 Å². The first-order chi connectivity index (χ1) is 9.70. The van der Waals surface area contributed by atoms with Gasteiger partial charge in [0.15, 0.2) is 0 Å². The standard InChI is InChI=1S/C17H25N3/c1-14(16-7-5-6-15(12-16)13-18)19-10-11-20(2)17-8-3-4-9-17/h5-7,12,14,17,19H,3-4,8-11H2,1-2H3. The number of nitrogens with zero attached hydrogens (tertiary/aromatic N) is 2. The molecule has 0 heterocycles. The number of rotatable bonds is 6. The molecule has 108 valence electrons. The van der Waals surface area contributed by atoms with Crippen molar-refractivity contribution in [2.24, 2.45) is 0 Å². The predicted octanol–water partition coefficient (Wildman–Crippen LogP) is 3.08. The average Bonchev–Trinajstić information content (AvgIpc) is 3.01. The molecule has 1 aromatic carbocycles. The number of nitriles is 1.